The van der Waals surface area contributed by atoms with Gasteiger partial charge < -0.3 is 0 Å². The van der Waals surface area contributed by atoms with E-state index in [1.807, 2.05) is 0 Å². The zero-order chi connectivity index (χ0) is 14.3. The van der Waals surface area contributed by atoms with E-state index in [0.29, 0.717) is 5.92 Å². The molecule has 0 saturated carbocycles. The van der Waals surface area contributed by atoms with Crippen LogP contribution in [0.25, 0.3) is 0 Å². The van der Waals surface area contributed by atoms with Crippen molar-refractivity contribution >= 4 is 0 Å². The lowest BCUT2D eigenvalue weighted by atomic mass is 9.93. The van der Waals surface area contributed by atoms with E-state index in [0.717, 1.165) is 0 Å². The Bertz CT molecular complexity index is 257. The molecule has 0 heteroatoms. The number of unbranched alkanes of at least 4 members (excludes halogenated alkanes) is 5. The van der Waals surface area contributed by atoms with Crippen LogP contribution in [-0.2, 0) is 0 Å². The fourth-order valence-corrected chi connectivity index (χ4v) is 2.09. The molecule has 0 bridgehead atoms. The largest absolute Gasteiger partial charge is 0.0952 e. The molecular formula is C19H34. The molecule has 19 heavy (non-hydrogen) atoms. The van der Waals surface area contributed by atoms with Gasteiger partial charge in [0.25, 0.3) is 0 Å². The minimum absolute atomic E-state index is 0.551. The predicted molar refractivity (Wildman–Crippen MR) is 89.5 cm³/mol. The number of allylic oxidation sites excluding steroid dienone is 5. The quantitative estimate of drug-likeness (QED) is 0.205. The fourth-order valence-electron chi connectivity index (χ4n) is 2.09. The van der Waals surface area contributed by atoms with Crippen LogP contribution in [0.3, 0.4) is 0 Å². The molecule has 0 heterocycles. The second-order valence-electron chi connectivity index (χ2n) is 5.44. The van der Waals surface area contributed by atoms with Crippen molar-refractivity contribution in [1.29, 1.82) is 0 Å². The highest BCUT2D eigenvalue weighted by Crippen LogP contribution is 2.20. The van der Waals surface area contributed by atoms with Crippen molar-refractivity contribution in [3.63, 3.8) is 0 Å². The van der Waals surface area contributed by atoms with Crippen molar-refractivity contribution in [2.75, 3.05) is 0 Å². The van der Waals surface area contributed by atoms with E-state index in [2.05, 4.69) is 51.7 Å². The fraction of sp³-hybridized carbons (Fsp3) is 0.684. The standard InChI is InChI=1S/C19H34/c1-5-8-11-13-15-18(4)19(16-10-7-3)17-14-12-9-6-2/h13-15,17,19H,4-12,16H2,1-3H3. The Labute approximate surface area is 121 Å². The summed E-state index contributed by atoms with van der Waals surface area (Å²) in [6.07, 6.45) is 20.6. The highest BCUT2D eigenvalue weighted by Gasteiger charge is 2.05. The topological polar surface area (TPSA) is 0 Å². The molecule has 1 unspecified atom stereocenters. The summed E-state index contributed by atoms with van der Waals surface area (Å²) in [5, 5.41) is 0. The average Bonchev–Trinajstić information content (AvgIpc) is 2.42. The molecule has 0 amide bonds. The molecule has 0 radical (unpaired) electrons. The number of rotatable bonds is 12. The van der Waals surface area contributed by atoms with Gasteiger partial charge in [0.15, 0.2) is 0 Å². The molecule has 0 aromatic heterocycles. The lowest BCUT2D eigenvalue weighted by Gasteiger charge is -2.12. The predicted octanol–water partition coefficient (Wildman–Crippen LogP) is 6.84. The Morgan fingerprint density at radius 3 is 2.05 bits per heavy atom. The maximum Gasteiger partial charge on any atom is 0.00119 e. The van der Waals surface area contributed by atoms with Crippen LogP contribution in [0.1, 0.15) is 78.6 Å². The van der Waals surface area contributed by atoms with Crippen LogP contribution in [0.4, 0.5) is 0 Å². The van der Waals surface area contributed by atoms with Crippen molar-refractivity contribution in [2.45, 2.75) is 78.6 Å². The van der Waals surface area contributed by atoms with Gasteiger partial charge in [-0.1, -0.05) is 90.2 Å². The summed E-state index contributed by atoms with van der Waals surface area (Å²) in [5.41, 5.74) is 1.29. The van der Waals surface area contributed by atoms with Crippen LogP contribution in [0, 0.1) is 5.92 Å². The zero-order valence-corrected chi connectivity index (χ0v) is 13.5. The Morgan fingerprint density at radius 1 is 0.895 bits per heavy atom. The van der Waals surface area contributed by atoms with E-state index in [1.54, 1.807) is 0 Å². The highest BCUT2D eigenvalue weighted by atomic mass is 14.1. The Kier molecular flexibility index (Phi) is 13.1. The Morgan fingerprint density at radius 2 is 1.47 bits per heavy atom. The molecule has 110 valence electrons. The minimum Gasteiger partial charge on any atom is -0.0952 e. The lowest BCUT2D eigenvalue weighted by molar-refractivity contribution is 0.625. The van der Waals surface area contributed by atoms with Crippen LogP contribution in [0.5, 0.6) is 0 Å². The summed E-state index contributed by atoms with van der Waals surface area (Å²) in [5.74, 6) is 0.551. The molecule has 0 aromatic carbocycles. The third-order valence-electron chi connectivity index (χ3n) is 3.49. The Hall–Kier alpha value is -0.780. The van der Waals surface area contributed by atoms with Crippen molar-refractivity contribution in [1.82, 2.24) is 0 Å². The van der Waals surface area contributed by atoms with Gasteiger partial charge in [-0.3, -0.25) is 0 Å². The second kappa shape index (κ2) is 13.6. The minimum atomic E-state index is 0.551. The number of hydrogen-bond donors (Lipinski definition) is 0. The molecule has 0 aliphatic heterocycles. The third-order valence-corrected chi connectivity index (χ3v) is 3.49. The van der Waals surface area contributed by atoms with Gasteiger partial charge >= 0.3 is 0 Å². The van der Waals surface area contributed by atoms with Crippen LogP contribution in [0.15, 0.2) is 36.5 Å². The lowest BCUT2D eigenvalue weighted by Crippen LogP contribution is -1.98. The molecule has 0 rings (SSSR count). The summed E-state index contributed by atoms with van der Waals surface area (Å²) in [4.78, 5) is 0. The summed E-state index contributed by atoms with van der Waals surface area (Å²) in [6.45, 7) is 11.0. The first-order chi connectivity index (χ1) is 9.26. The molecule has 0 nitrogen and oxygen atoms in total. The maximum absolute atomic E-state index is 4.27. The summed E-state index contributed by atoms with van der Waals surface area (Å²) in [7, 11) is 0. The molecule has 0 spiro atoms. The van der Waals surface area contributed by atoms with E-state index in [4.69, 9.17) is 0 Å². The van der Waals surface area contributed by atoms with E-state index in [-0.39, 0.29) is 0 Å². The number of hydrogen-bond acceptors (Lipinski definition) is 0. The highest BCUT2D eigenvalue weighted by molar-refractivity contribution is 5.22. The van der Waals surface area contributed by atoms with Gasteiger partial charge in [-0.25, -0.2) is 0 Å². The van der Waals surface area contributed by atoms with Gasteiger partial charge in [0.2, 0.25) is 0 Å². The van der Waals surface area contributed by atoms with Crippen molar-refractivity contribution in [2.24, 2.45) is 5.92 Å². The third kappa shape index (κ3) is 10.8. The molecule has 1 atom stereocenters. The SMILES string of the molecule is C=C(C=CCCCC)C(C=CCCCC)CCCC. The first-order valence-corrected chi connectivity index (χ1v) is 8.28. The van der Waals surface area contributed by atoms with Crippen LogP contribution in [-0.4, -0.2) is 0 Å². The zero-order valence-electron chi connectivity index (χ0n) is 13.5. The molecular weight excluding hydrogens is 228 g/mol. The molecule has 0 fully saturated rings. The van der Waals surface area contributed by atoms with Crippen LogP contribution in [0.2, 0.25) is 0 Å². The van der Waals surface area contributed by atoms with E-state index in [9.17, 15) is 0 Å². The van der Waals surface area contributed by atoms with Gasteiger partial charge in [0.1, 0.15) is 0 Å². The first-order valence-electron chi connectivity index (χ1n) is 8.28. The Balaban J connectivity index is 4.25. The second-order valence-corrected chi connectivity index (χ2v) is 5.44. The first kappa shape index (κ1) is 18.2. The maximum atomic E-state index is 4.27. The van der Waals surface area contributed by atoms with Crippen molar-refractivity contribution in [3.05, 3.63) is 36.5 Å². The van der Waals surface area contributed by atoms with Crippen molar-refractivity contribution < 1.29 is 0 Å². The monoisotopic (exact) mass is 262 g/mol. The summed E-state index contributed by atoms with van der Waals surface area (Å²) in [6, 6.07) is 0. The average molecular weight is 262 g/mol. The molecule has 0 aromatic rings. The van der Waals surface area contributed by atoms with E-state index >= 15 is 0 Å². The van der Waals surface area contributed by atoms with Gasteiger partial charge in [-0.15, -0.1) is 0 Å². The van der Waals surface area contributed by atoms with Crippen LogP contribution < -0.4 is 0 Å². The molecule has 0 aliphatic carbocycles. The summed E-state index contributed by atoms with van der Waals surface area (Å²) < 4.78 is 0. The van der Waals surface area contributed by atoms with E-state index in [1.165, 1.54) is 63.4 Å². The molecule has 0 N–H and O–H groups in total. The molecule has 0 saturated heterocycles. The van der Waals surface area contributed by atoms with Gasteiger partial charge in [0.05, 0.1) is 0 Å². The van der Waals surface area contributed by atoms with Gasteiger partial charge in [-0.2, -0.15) is 0 Å². The smallest absolute Gasteiger partial charge is 0.00119 e. The molecule has 0 aliphatic rings. The van der Waals surface area contributed by atoms with Crippen molar-refractivity contribution in [3.8, 4) is 0 Å². The van der Waals surface area contributed by atoms with Crippen LogP contribution >= 0.6 is 0 Å². The van der Waals surface area contributed by atoms with Gasteiger partial charge in [0, 0.05) is 5.92 Å². The summed E-state index contributed by atoms with van der Waals surface area (Å²) >= 11 is 0. The van der Waals surface area contributed by atoms with E-state index < -0.39 is 0 Å². The normalized spacial score (nSPS) is 13.4. The van der Waals surface area contributed by atoms with Gasteiger partial charge in [-0.05, 0) is 24.8 Å².